The Labute approximate surface area is 176 Å². The molecule has 0 unspecified atom stereocenters. The van der Waals surface area contributed by atoms with Gasteiger partial charge in [-0.25, -0.2) is 4.85 Å². The Morgan fingerprint density at radius 2 is 1.77 bits per heavy atom. The van der Waals surface area contributed by atoms with Crippen molar-refractivity contribution in [3.05, 3.63) is 75.6 Å². The monoisotopic (exact) mass is 404 g/mol. The third-order valence-electron chi connectivity index (χ3n) is 5.16. The Morgan fingerprint density at radius 3 is 2.30 bits per heavy atom. The van der Waals surface area contributed by atoms with Crippen LogP contribution < -0.4 is 10.9 Å². The van der Waals surface area contributed by atoms with Crippen molar-refractivity contribution >= 4 is 17.5 Å². The third kappa shape index (κ3) is 5.22. The summed E-state index contributed by atoms with van der Waals surface area (Å²) in [4.78, 5) is 28.5. The van der Waals surface area contributed by atoms with Crippen LogP contribution in [0.25, 0.3) is 4.85 Å². The van der Waals surface area contributed by atoms with Gasteiger partial charge in [0, 0.05) is 5.56 Å². The van der Waals surface area contributed by atoms with Crippen LogP contribution in [0.3, 0.4) is 0 Å². The molecule has 7 heteroatoms. The molecule has 30 heavy (non-hydrogen) atoms. The van der Waals surface area contributed by atoms with Gasteiger partial charge in [-0.3, -0.25) is 20.4 Å². The van der Waals surface area contributed by atoms with Crippen LogP contribution in [-0.2, 0) is 11.2 Å². The van der Waals surface area contributed by atoms with Gasteiger partial charge < -0.3 is 5.11 Å². The first-order valence-corrected chi connectivity index (χ1v) is 9.37. The van der Waals surface area contributed by atoms with Crippen molar-refractivity contribution in [2.45, 2.75) is 39.7 Å². The Bertz CT molecular complexity index is 1040. The molecule has 0 aromatic heterocycles. The van der Waals surface area contributed by atoms with Gasteiger partial charge in [0.1, 0.15) is 0 Å². The molecule has 0 aliphatic heterocycles. The maximum atomic E-state index is 12.8. The highest BCUT2D eigenvalue weighted by Crippen LogP contribution is 2.29. The number of nitriles is 1. The maximum absolute atomic E-state index is 12.8. The van der Waals surface area contributed by atoms with Crippen molar-refractivity contribution in [3.8, 4) is 6.07 Å². The van der Waals surface area contributed by atoms with Gasteiger partial charge in [0.15, 0.2) is 5.69 Å². The minimum absolute atomic E-state index is 0.243. The van der Waals surface area contributed by atoms with Gasteiger partial charge in [-0.2, -0.15) is 5.26 Å². The molecule has 0 saturated carbocycles. The van der Waals surface area contributed by atoms with Crippen molar-refractivity contribution < 1.29 is 14.7 Å². The largest absolute Gasteiger partial charge is 0.390 e. The van der Waals surface area contributed by atoms with E-state index in [1.165, 1.54) is 38.1 Å². The summed E-state index contributed by atoms with van der Waals surface area (Å²) in [7, 11) is 0. The highest BCUT2D eigenvalue weighted by Gasteiger charge is 2.34. The van der Waals surface area contributed by atoms with Crippen LogP contribution in [0.2, 0.25) is 0 Å². The standard InChI is InChI=1S/C23H24N4O3/c1-14-15(2)20(25-5)11-10-18(14)12-19(23(3,4)30)22(29)27-26-21(28)17-8-6-16(13-24)7-9-17/h6-11,19,30H,12H2,1-4H3,(H,26,28)(H,27,29)/t19-/m0/s1. The van der Waals surface area contributed by atoms with Crippen LogP contribution in [0, 0.1) is 37.7 Å². The summed E-state index contributed by atoms with van der Waals surface area (Å²) in [5, 5.41) is 19.4. The number of amides is 2. The zero-order valence-electron chi connectivity index (χ0n) is 17.4. The molecule has 0 spiro atoms. The van der Waals surface area contributed by atoms with Gasteiger partial charge in [0.2, 0.25) is 5.91 Å². The summed E-state index contributed by atoms with van der Waals surface area (Å²) < 4.78 is 0. The summed E-state index contributed by atoms with van der Waals surface area (Å²) in [5.74, 6) is -1.90. The molecule has 3 N–H and O–H groups in total. The van der Waals surface area contributed by atoms with Crippen molar-refractivity contribution in [2.75, 3.05) is 0 Å². The number of benzene rings is 2. The lowest BCUT2D eigenvalue weighted by atomic mass is 9.83. The molecule has 0 saturated heterocycles. The van der Waals surface area contributed by atoms with Crippen molar-refractivity contribution in [1.29, 1.82) is 5.26 Å². The summed E-state index contributed by atoms with van der Waals surface area (Å²) in [6, 6.07) is 11.4. The second-order valence-corrected chi connectivity index (χ2v) is 7.65. The minimum atomic E-state index is -1.35. The molecule has 0 aliphatic carbocycles. The quantitative estimate of drug-likeness (QED) is 0.526. The number of aliphatic hydroxyl groups is 1. The molecule has 7 nitrogen and oxygen atoms in total. The average molecular weight is 404 g/mol. The van der Waals surface area contributed by atoms with E-state index in [9.17, 15) is 14.7 Å². The Balaban J connectivity index is 2.15. The Kier molecular flexibility index (Phi) is 6.94. The minimum Gasteiger partial charge on any atom is -0.390 e. The van der Waals surface area contributed by atoms with Crippen LogP contribution in [0.1, 0.15) is 46.5 Å². The lowest BCUT2D eigenvalue weighted by Gasteiger charge is -2.29. The Hall–Kier alpha value is -3.68. The van der Waals surface area contributed by atoms with Gasteiger partial charge in [0.25, 0.3) is 5.91 Å². The van der Waals surface area contributed by atoms with Gasteiger partial charge in [-0.05, 0) is 69.5 Å². The highest BCUT2D eigenvalue weighted by molar-refractivity contribution is 5.95. The number of nitrogens with one attached hydrogen (secondary N) is 2. The highest BCUT2D eigenvalue weighted by atomic mass is 16.3. The number of nitrogens with zero attached hydrogens (tertiary/aromatic N) is 2. The van der Waals surface area contributed by atoms with E-state index in [0.717, 1.165) is 16.7 Å². The van der Waals surface area contributed by atoms with E-state index < -0.39 is 23.3 Å². The number of hydrogen-bond acceptors (Lipinski definition) is 4. The molecule has 0 aliphatic rings. The van der Waals surface area contributed by atoms with E-state index in [1.807, 2.05) is 19.9 Å². The fraction of sp³-hybridized carbons (Fsp3) is 0.304. The summed E-state index contributed by atoms with van der Waals surface area (Å²) in [6.45, 7) is 14.0. The zero-order chi connectivity index (χ0) is 22.5. The molecule has 154 valence electrons. The predicted octanol–water partition coefficient (Wildman–Crippen LogP) is 3.12. The second kappa shape index (κ2) is 9.21. The van der Waals surface area contributed by atoms with E-state index in [1.54, 1.807) is 12.1 Å². The van der Waals surface area contributed by atoms with E-state index in [4.69, 9.17) is 11.8 Å². The molecule has 2 aromatic carbocycles. The summed E-state index contributed by atoms with van der Waals surface area (Å²) >= 11 is 0. The van der Waals surface area contributed by atoms with Gasteiger partial charge >= 0.3 is 0 Å². The molecule has 1 atom stereocenters. The molecule has 0 fully saturated rings. The van der Waals surface area contributed by atoms with Gasteiger partial charge in [-0.15, -0.1) is 0 Å². The molecule has 0 bridgehead atoms. The normalized spacial score (nSPS) is 11.7. The van der Waals surface area contributed by atoms with E-state index in [0.29, 0.717) is 11.3 Å². The fourth-order valence-electron chi connectivity index (χ4n) is 3.06. The van der Waals surface area contributed by atoms with E-state index >= 15 is 0 Å². The van der Waals surface area contributed by atoms with Crippen LogP contribution in [-0.4, -0.2) is 22.5 Å². The fourth-order valence-corrected chi connectivity index (χ4v) is 3.06. The van der Waals surface area contributed by atoms with Crippen molar-refractivity contribution in [3.63, 3.8) is 0 Å². The van der Waals surface area contributed by atoms with Crippen LogP contribution >= 0.6 is 0 Å². The number of carbonyl (C=O) groups is 2. The summed E-state index contributed by atoms with van der Waals surface area (Å²) in [6.07, 6.45) is 0.243. The number of hydrazine groups is 1. The van der Waals surface area contributed by atoms with Crippen LogP contribution in [0.5, 0.6) is 0 Å². The number of rotatable bonds is 5. The smallest absolute Gasteiger partial charge is 0.269 e. The van der Waals surface area contributed by atoms with Crippen molar-refractivity contribution in [1.82, 2.24) is 10.9 Å². The molecule has 2 aromatic rings. The first-order chi connectivity index (χ1) is 14.1. The molecule has 2 amide bonds. The topological polar surface area (TPSA) is 107 Å². The first kappa shape index (κ1) is 22.6. The SMILES string of the molecule is [C-]#[N+]c1ccc(C[C@@H](C(=O)NNC(=O)c2ccc(C#N)cc2)C(C)(C)O)c(C)c1C. The maximum Gasteiger partial charge on any atom is 0.269 e. The molecule has 0 radical (unpaired) electrons. The van der Waals surface area contributed by atoms with Crippen LogP contribution in [0.15, 0.2) is 36.4 Å². The second-order valence-electron chi connectivity index (χ2n) is 7.65. The zero-order valence-corrected chi connectivity index (χ0v) is 17.4. The average Bonchev–Trinajstić information content (AvgIpc) is 2.72. The lowest BCUT2D eigenvalue weighted by Crippen LogP contribution is -2.50. The van der Waals surface area contributed by atoms with Crippen LogP contribution in [0.4, 0.5) is 5.69 Å². The molecular formula is C23H24N4O3. The molecule has 0 heterocycles. The molecular weight excluding hydrogens is 380 g/mol. The predicted molar refractivity (Wildman–Crippen MR) is 112 cm³/mol. The summed E-state index contributed by atoms with van der Waals surface area (Å²) in [5.41, 5.74) is 7.23. The van der Waals surface area contributed by atoms with Crippen molar-refractivity contribution in [2.24, 2.45) is 5.92 Å². The molecule has 2 rings (SSSR count). The number of hydrogen-bond donors (Lipinski definition) is 3. The van der Waals surface area contributed by atoms with E-state index in [-0.39, 0.29) is 12.0 Å². The van der Waals surface area contributed by atoms with Gasteiger partial charge in [-0.1, -0.05) is 17.7 Å². The number of carbonyl (C=O) groups excluding carboxylic acids is 2. The lowest BCUT2D eigenvalue weighted by molar-refractivity contribution is -0.133. The first-order valence-electron chi connectivity index (χ1n) is 9.37. The Morgan fingerprint density at radius 1 is 1.13 bits per heavy atom. The van der Waals surface area contributed by atoms with E-state index in [2.05, 4.69) is 15.7 Å². The van der Waals surface area contributed by atoms with Gasteiger partial charge in [0.05, 0.1) is 29.7 Å². The third-order valence-corrected chi connectivity index (χ3v) is 5.16.